The third-order valence-corrected chi connectivity index (χ3v) is 7.67. The number of ketones is 1. The number of fused-ring (bicyclic) bond motifs is 1. The van der Waals surface area contributed by atoms with E-state index in [9.17, 15) is 14.0 Å². The molecule has 0 N–H and O–H groups in total. The summed E-state index contributed by atoms with van der Waals surface area (Å²) in [5.74, 6) is -0.931. The van der Waals surface area contributed by atoms with E-state index in [1.807, 2.05) is 6.92 Å². The Hall–Kier alpha value is -1.92. The number of alkyl halides is 1. The van der Waals surface area contributed by atoms with Gasteiger partial charge in [0, 0.05) is 24.0 Å². The van der Waals surface area contributed by atoms with E-state index in [2.05, 4.69) is 18.7 Å². The van der Waals surface area contributed by atoms with E-state index in [0.29, 0.717) is 37.1 Å². The van der Waals surface area contributed by atoms with Crippen molar-refractivity contribution in [2.45, 2.75) is 51.1 Å². The number of nitrogens with zero attached hydrogens (tertiary/aromatic N) is 2. The molecule has 1 aromatic carbocycles. The van der Waals surface area contributed by atoms with Crippen LogP contribution in [0.4, 0.5) is 4.39 Å². The lowest BCUT2D eigenvalue weighted by Gasteiger charge is -2.40. The summed E-state index contributed by atoms with van der Waals surface area (Å²) in [6.45, 7) is 8.91. The molecule has 0 bridgehead atoms. The number of carbonyl (C=O) groups is 2. The minimum absolute atomic E-state index is 0.110. The monoisotopic (exact) mass is 448 g/mol. The highest BCUT2D eigenvalue weighted by Gasteiger charge is 2.53. The average Bonchev–Trinajstić information content (AvgIpc) is 3.03. The van der Waals surface area contributed by atoms with Gasteiger partial charge in [-0.2, -0.15) is 0 Å². The molecule has 1 fully saturated rings. The van der Waals surface area contributed by atoms with E-state index in [0.717, 1.165) is 13.1 Å². The first-order chi connectivity index (χ1) is 14.9. The first-order valence-electron chi connectivity index (χ1n) is 11.2. The van der Waals surface area contributed by atoms with Crippen molar-refractivity contribution in [3.05, 3.63) is 47.0 Å². The lowest BCUT2D eigenvalue weighted by Crippen LogP contribution is -2.44. The van der Waals surface area contributed by atoms with E-state index in [4.69, 9.17) is 16.3 Å². The van der Waals surface area contributed by atoms with Crippen molar-refractivity contribution in [1.82, 2.24) is 9.80 Å². The Morgan fingerprint density at radius 1 is 1.19 bits per heavy atom. The van der Waals surface area contributed by atoms with Gasteiger partial charge >= 0.3 is 0 Å². The van der Waals surface area contributed by atoms with Gasteiger partial charge in [-0.25, -0.2) is 4.39 Å². The number of carbonyl (C=O) groups excluding carboxylic acids is 2. The fourth-order valence-corrected chi connectivity index (χ4v) is 5.40. The van der Waals surface area contributed by atoms with Crippen LogP contribution in [0.25, 0.3) is 0 Å². The highest BCUT2D eigenvalue weighted by atomic mass is 35.5. The maximum Gasteiger partial charge on any atom is 0.290 e. The second-order valence-corrected chi connectivity index (χ2v) is 9.34. The maximum absolute atomic E-state index is 14.9. The molecule has 3 aliphatic rings. The molecular weight excluding hydrogens is 419 g/mol. The Morgan fingerprint density at radius 3 is 2.58 bits per heavy atom. The van der Waals surface area contributed by atoms with Crippen LogP contribution in [0, 0.1) is 17.7 Å². The van der Waals surface area contributed by atoms with Crippen LogP contribution in [-0.2, 0) is 14.3 Å². The van der Waals surface area contributed by atoms with Crippen LogP contribution in [0.15, 0.2) is 35.6 Å². The summed E-state index contributed by atoms with van der Waals surface area (Å²) in [6, 6.07) is 5.61. The van der Waals surface area contributed by atoms with Crippen molar-refractivity contribution in [2.75, 3.05) is 26.2 Å². The first-order valence-corrected chi connectivity index (χ1v) is 11.7. The number of likely N-dealkylation sites (N-methyl/N-ethyl adjacent to an activating group) is 1. The van der Waals surface area contributed by atoms with Gasteiger partial charge in [0.2, 0.25) is 0 Å². The Labute approximate surface area is 188 Å². The van der Waals surface area contributed by atoms with Gasteiger partial charge < -0.3 is 14.5 Å². The standard InChI is InChI=1S/C24H30ClFN2O3/c1-4-27(5-2)10-11-28-21(15-8-6-7-9-18(15)26)20-22(29)16-13-17(25)14(3)12-19(16)31-23(20)24(28)30/h6-9,14,16-17,19,21H,4-5,10-13H2,1-3H3. The first kappa shape index (κ1) is 22.3. The van der Waals surface area contributed by atoms with Crippen molar-refractivity contribution in [2.24, 2.45) is 11.8 Å². The summed E-state index contributed by atoms with van der Waals surface area (Å²) in [5, 5.41) is -0.112. The fourth-order valence-electron chi connectivity index (χ4n) is 5.11. The second kappa shape index (κ2) is 8.91. The molecule has 0 aromatic heterocycles. The number of hydrogen-bond acceptors (Lipinski definition) is 4. The van der Waals surface area contributed by atoms with Crippen molar-refractivity contribution < 1.29 is 18.7 Å². The molecule has 168 valence electrons. The van der Waals surface area contributed by atoms with Gasteiger partial charge in [0.05, 0.1) is 17.5 Å². The molecule has 5 unspecified atom stereocenters. The van der Waals surface area contributed by atoms with Gasteiger partial charge in [-0.15, -0.1) is 11.6 Å². The predicted octanol–water partition coefficient (Wildman–Crippen LogP) is 3.93. The smallest absolute Gasteiger partial charge is 0.290 e. The lowest BCUT2D eigenvalue weighted by atomic mass is 9.74. The lowest BCUT2D eigenvalue weighted by molar-refractivity contribution is -0.136. The normalized spacial score (nSPS) is 30.5. The molecule has 2 aliphatic heterocycles. The fraction of sp³-hybridized carbons (Fsp3) is 0.583. The van der Waals surface area contributed by atoms with Crippen molar-refractivity contribution in [3.8, 4) is 0 Å². The van der Waals surface area contributed by atoms with Gasteiger partial charge in [-0.1, -0.05) is 39.0 Å². The number of benzene rings is 1. The van der Waals surface area contributed by atoms with Crippen LogP contribution >= 0.6 is 11.6 Å². The Morgan fingerprint density at radius 2 is 1.90 bits per heavy atom. The van der Waals surface area contributed by atoms with Crippen molar-refractivity contribution in [1.29, 1.82) is 0 Å². The minimum Gasteiger partial charge on any atom is -0.483 e. The molecule has 1 aliphatic carbocycles. The van der Waals surface area contributed by atoms with Gasteiger partial charge in [-0.05, 0) is 37.9 Å². The molecule has 0 spiro atoms. The zero-order valence-corrected chi connectivity index (χ0v) is 19.1. The van der Waals surface area contributed by atoms with Crippen LogP contribution in [0.1, 0.15) is 45.2 Å². The molecular formula is C24H30ClFN2O3. The molecule has 5 nitrogen and oxygen atoms in total. The molecule has 1 amide bonds. The third-order valence-electron chi connectivity index (χ3n) is 7.06. The van der Waals surface area contributed by atoms with E-state index in [-0.39, 0.29) is 40.8 Å². The second-order valence-electron chi connectivity index (χ2n) is 8.78. The molecule has 0 radical (unpaired) electrons. The summed E-state index contributed by atoms with van der Waals surface area (Å²) in [6.07, 6.45) is 0.809. The number of hydrogen-bond donors (Lipinski definition) is 0. The Kier molecular flexibility index (Phi) is 6.40. The van der Waals surface area contributed by atoms with Crippen LogP contribution in [0.3, 0.4) is 0 Å². The summed E-state index contributed by atoms with van der Waals surface area (Å²) < 4.78 is 21.0. The van der Waals surface area contributed by atoms with Crippen LogP contribution in [0.2, 0.25) is 0 Å². The number of ether oxygens (including phenoxy) is 1. The van der Waals surface area contributed by atoms with E-state index >= 15 is 0 Å². The van der Waals surface area contributed by atoms with Crippen LogP contribution in [0.5, 0.6) is 0 Å². The van der Waals surface area contributed by atoms with Crippen LogP contribution in [-0.4, -0.2) is 59.2 Å². The van der Waals surface area contributed by atoms with Crippen molar-refractivity contribution >= 4 is 23.3 Å². The minimum atomic E-state index is -0.763. The third kappa shape index (κ3) is 3.89. The highest BCUT2D eigenvalue weighted by molar-refractivity contribution is 6.21. The molecule has 1 saturated carbocycles. The number of Topliss-reactive ketones (excluding diaryl/α,β-unsaturated/α-hetero) is 1. The average molecular weight is 449 g/mol. The molecule has 1 aromatic rings. The van der Waals surface area contributed by atoms with Gasteiger partial charge in [0.25, 0.3) is 5.91 Å². The molecule has 2 heterocycles. The van der Waals surface area contributed by atoms with Gasteiger partial charge in [-0.3, -0.25) is 9.59 Å². The SMILES string of the molecule is CCN(CC)CCN1C(=O)C2=C(C(=O)C3CC(Cl)C(C)CC3O2)C1c1ccccc1F. The predicted molar refractivity (Wildman–Crippen MR) is 117 cm³/mol. The van der Waals surface area contributed by atoms with Crippen molar-refractivity contribution in [3.63, 3.8) is 0 Å². The molecule has 0 saturated heterocycles. The molecule has 7 heteroatoms. The maximum atomic E-state index is 14.9. The summed E-state index contributed by atoms with van der Waals surface area (Å²) >= 11 is 6.48. The Balaban J connectivity index is 1.73. The van der Waals surface area contributed by atoms with E-state index in [1.54, 1.807) is 23.1 Å². The summed E-state index contributed by atoms with van der Waals surface area (Å²) in [7, 11) is 0. The van der Waals surface area contributed by atoms with E-state index < -0.39 is 11.9 Å². The molecule has 5 atom stereocenters. The molecule has 31 heavy (non-hydrogen) atoms. The summed E-state index contributed by atoms with van der Waals surface area (Å²) in [4.78, 5) is 30.8. The van der Waals surface area contributed by atoms with E-state index in [1.165, 1.54) is 6.07 Å². The van der Waals surface area contributed by atoms with Gasteiger partial charge in [0.15, 0.2) is 11.5 Å². The largest absolute Gasteiger partial charge is 0.483 e. The highest BCUT2D eigenvalue weighted by Crippen LogP contribution is 2.48. The van der Waals surface area contributed by atoms with Crippen LogP contribution < -0.4 is 0 Å². The quantitative estimate of drug-likeness (QED) is 0.619. The van der Waals surface area contributed by atoms with Gasteiger partial charge in [0.1, 0.15) is 11.9 Å². The number of halogens is 2. The number of amides is 1. The zero-order valence-electron chi connectivity index (χ0n) is 18.3. The topological polar surface area (TPSA) is 49.9 Å². The summed E-state index contributed by atoms with van der Waals surface area (Å²) in [5.41, 5.74) is 0.636. The molecule has 4 rings (SSSR count). The zero-order chi connectivity index (χ0) is 22.3. The number of rotatable bonds is 6. The Bertz CT molecular complexity index is 901.